The van der Waals surface area contributed by atoms with E-state index in [1.807, 2.05) is 0 Å². The lowest BCUT2D eigenvalue weighted by Crippen LogP contribution is -2.25. The number of alkyl halides is 2. The van der Waals surface area contributed by atoms with Gasteiger partial charge in [-0.1, -0.05) is 13.3 Å². The van der Waals surface area contributed by atoms with Gasteiger partial charge in [0.05, 0.1) is 4.90 Å². The molecule has 0 atom stereocenters. The number of hydrogen-bond donors (Lipinski definition) is 1. The third-order valence-corrected chi connectivity index (χ3v) is 5.61. The van der Waals surface area contributed by atoms with E-state index < -0.39 is 15.6 Å². The molecule has 0 unspecified atom stereocenters. The first-order valence-corrected chi connectivity index (χ1v) is 8.86. The van der Waals surface area contributed by atoms with Crippen LogP contribution in [0.5, 0.6) is 0 Å². The molecule has 2 rings (SSSR count). The second-order valence-electron chi connectivity index (χ2n) is 5.60. The monoisotopic (exact) mass is 317 g/mol. The van der Waals surface area contributed by atoms with Crippen LogP contribution in [0.3, 0.4) is 0 Å². The summed E-state index contributed by atoms with van der Waals surface area (Å²) in [4.78, 5) is -0.335. The van der Waals surface area contributed by atoms with E-state index in [2.05, 4.69) is 12.2 Å². The van der Waals surface area contributed by atoms with Crippen molar-refractivity contribution >= 4 is 15.5 Å². The van der Waals surface area contributed by atoms with Crippen LogP contribution in [0.25, 0.3) is 0 Å². The molecule has 1 aromatic rings. The Morgan fingerprint density at radius 3 is 2.19 bits per heavy atom. The minimum absolute atomic E-state index is 0.335. The zero-order valence-electron chi connectivity index (χ0n) is 12.1. The fourth-order valence-electron chi connectivity index (χ4n) is 2.79. The van der Waals surface area contributed by atoms with Crippen LogP contribution in [0, 0.1) is 5.92 Å². The standard InChI is InChI=1S/C15H21F2NO2S/c1-2-11-3-5-12(6-4-11)18-13-7-9-14(10-8-13)21(19,20)15(16)17/h7-12,15,18H,2-6H2,1H3. The van der Waals surface area contributed by atoms with Gasteiger partial charge in [0, 0.05) is 11.7 Å². The van der Waals surface area contributed by atoms with E-state index in [-0.39, 0.29) is 4.90 Å². The van der Waals surface area contributed by atoms with Gasteiger partial charge in [0.2, 0.25) is 9.84 Å². The van der Waals surface area contributed by atoms with Gasteiger partial charge in [0.15, 0.2) is 0 Å². The van der Waals surface area contributed by atoms with Crippen LogP contribution >= 0.6 is 0 Å². The molecule has 118 valence electrons. The van der Waals surface area contributed by atoms with E-state index in [0.717, 1.165) is 24.4 Å². The lowest BCUT2D eigenvalue weighted by atomic mass is 9.84. The summed E-state index contributed by atoms with van der Waals surface area (Å²) in [6, 6.07) is 5.97. The predicted molar refractivity (Wildman–Crippen MR) is 79.3 cm³/mol. The molecule has 1 aliphatic carbocycles. The van der Waals surface area contributed by atoms with Crippen LogP contribution in [0.1, 0.15) is 39.0 Å². The minimum Gasteiger partial charge on any atom is -0.382 e. The molecule has 3 nitrogen and oxygen atoms in total. The molecule has 0 heterocycles. The maximum Gasteiger partial charge on any atom is 0.341 e. The van der Waals surface area contributed by atoms with Gasteiger partial charge in [-0.25, -0.2) is 8.42 Å². The van der Waals surface area contributed by atoms with E-state index in [0.29, 0.717) is 6.04 Å². The first-order valence-electron chi connectivity index (χ1n) is 7.32. The van der Waals surface area contributed by atoms with Gasteiger partial charge >= 0.3 is 5.76 Å². The highest BCUT2D eigenvalue weighted by Crippen LogP contribution is 2.29. The van der Waals surface area contributed by atoms with E-state index >= 15 is 0 Å². The number of rotatable bonds is 5. The van der Waals surface area contributed by atoms with Crippen molar-refractivity contribution in [2.45, 2.75) is 55.7 Å². The van der Waals surface area contributed by atoms with E-state index in [9.17, 15) is 17.2 Å². The van der Waals surface area contributed by atoms with Crippen LogP contribution in [-0.4, -0.2) is 20.2 Å². The second kappa shape index (κ2) is 6.73. The van der Waals surface area contributed by atoms with Gasteiger partial charge in [0.1, 0.15) is 0 Å². The Labute approximate surface area is 124 Å². The Morgan fingerprint density at radius 1 is 1.14 bits per heavy atom. The number of nitrogens with one attached hydrogen (secondary N) is 1. The summed E-state index contributed by atoms with van der Waals surface area (Å²) in [6.07, 6.45) is 5.80. The Bertz CT molecular complexity index is 550. The number of sulfone groups is 1. The van der Waals surface area contributed by atoms with Crippen LogP contribution in [0.4, 0.5) is 14.5 Å². The molecule has 1 N–H and O–H groups in total. The molecule has 6 heteroatoms. The molecular formula is C15H21F2NO2S. The highest BCUT2D eigenvalue weighted by molar-refractivity contribution is 7.91. The smallest absolute Gasteiger partial charge is 0.341 e. The summed E-state index contributed by atoms with van der Waals surface area (Å²) in [5, 5.41) is 3.35. The van der Waals surface area contributed by atoms with Gasteiger partial charge in [0.25, 0.3) is 0 Å². The van der Waals surface area contributed by atoms with Gasteiger partial charge in [-0.05, 0) is 55.9 Å². The molecule has 1 aliphatic rings. The number of hydrogen-bond acceptors (Lipinski definition) is 3. The number of benzene rings is 1. The summed E-state index contributed by atoms with van der Waals surface area (Å²) in [5.41, 5.74) is 0.781. The lowest BCUT2D eigenvalue weighted by Gasteiger charge is -2.29. The molecule has 0 saturated heterocycles. The van der Waals surface area contributed by atoms with Crippen molar-refractivity contribution in [1.29, 1.82) is 0 Å². The molecule has 1 aromatic carbocycles. The molecule has 0 amide bonds. The average Bonchev–Trinajstić information content (AvgIpc) is 2.48. The zero-order chi connectivity index (χ0) is 15.5. The van der Waals surface area contributed by atoms with Gasteiger partial charge in [-0.2, -0.15) is 8.78 Å². The molecule has 0 radical (unpaired) electrons. The minimum atomic E-state index is -4.50. The SMILES string of the molecule is CCC1CCC(Nc2ccc(S(=O)(=O)C(F)F)cc2)CC1. The molecular weight excluding hydrogens is 296 g/mol. The van der Waals surface area contributed by atoms with Crippen molar-refractivity contribution in [3.05, 3.63) is 24.3 Å². The van der Waals surface area contributed by atoms with E-state index in [1.165, 1.54) is 31.4 Å². The van der Waals surface area contributed by atoms with Crippen molar-refractivity contribution in [3.8, 4) is 0 Å². The molecule has 0 spiro atoms. The third-order valence-electron chi connectivity index (χ3n) is 4.21. The van der Waals surface area contributed by atoms with Crippen LogP contribution in [0.15, 0.2) is 29.2 Å². The highest BCUT2D eigenvalue weighted by atomic mass is 32.2. The molecule has 1 saturated carbocycles. The predicted octanol–water partition coefficient (Wildman–Crippen LogP) is 4.06. The number of anilines is 1. The Balaban J connectivity index is 1.97. The molecule has 0 bridgehead atoms. The zero-order valence-corrected chi connectivity index (χ0v) is 12.9. The molecule has 1 fully saturated rings. The fourth-order valence-corrected chi connectivity index (χ4v) is 3.52. The maximum absolute atomic E-state index is 12.4. The fraction of sp³-hybridized carbons (Fsp3) is 0.600. The Morgan fingerprint density at radius 2 is 1.71 bits per heavy atom. The lowest BCUT2D eigenvalue weighted by molar-refractivity contribution is 0.234. The quantitative estimate of drug-likeness (QED) is 0.890. The first kappa shape index (κ1) is 16.2. The molecule has 0 aliphatic heterocycles. The van der Waals surface area contributed by atoms with Crippen LogP contribution in [0.2, 0.25) is 0 Å². The third kappa shape index (κ3) is 3.93. The summed E-state index contributed by atoms with van der Waals surface area (Å²) in [7, 11) is -4.50. The topological polar surface area (TPSA) is 46.2 Å². The summed E-state index contributed by atoms with van der Waals surface area (Å²) in [5.74, 6) is -2.57. The highest BCUT2D eigenvalue weighted by Gasteiger charge is 2.26. The van der Waals surface area contributed by atoms with Crippen molar-refractivity contribution in [2.24, 2.45) is 5.92 Å². The Kier molecular flexibility index (Phi) is 5.19. The largest absolute Gasteiger partial charge is 0.382 e. The second-order valence-corrected chi connectivity index (χ2v) is 7.52. The van der Waals surface area contributed by atoms with Crippen molar-refractivity contribution in [1.82, 2.24) is 0 Å². The average molecular weight is 317 g/mol. The first-order chi connectivity index (χ1) is 9.93. The van der Waals surface area contributed by atoms with Crippen molar-refractivity contribution < 1.29 is 17.2 Å². The van der Waals surface area contributed by atoms with Gasteiger partial charge < -0.3 is 5.32 Å². The summed E-state index contributed by atoms with van der Waals surface area (Å²) < 4.78 is 47.5. The van der Waals surface area contributed by atoms with E-state index in [1.54, 1.807) is 12.1 Å². The Hall–Kier alpha value is -1.17. The molecule has 21 heavy (non-hydrogen) atoms. The molecule has 0 aromatic heterocycles. The van der Waals surface area contributed by atoms with Crippen molar-refractivity contribution in [2.75, 3.05) is 5.32 Å². The van der Waals surface area contributed by atoms with Crippen LogP contribution < -0.4 is 5.32 Å². The van der Waals surface area contributed by atoms with Gasteiger partial charge in [-0.15, -0.1) is 0 Å². The maximum atomic E-state index is 12.4. The van der Waals surface area contributed by atoms with Crippen molar-refractivity contribution in [3.63, 3.8) is 0 Å². The summed E-state index contributed by atoms with van der Waals surface area (Å²) in [6.45, 7) is 2.21. The summed E-state index contributed by atoms with van der Waals surface area (Å²) >= 11 is 0. The van der Waals surface area contributed by atoms with E-state index in [4.69, 9.17) is 0 Å². The van der Waals surface area contributed by atoms with Gasteiger partial charge in [-0.3, -0.25) is 0 Å². The van der Waals surface area contributed by atoms with Crippen LogP contribution in [-0.2, 0) is 9.84 Å². The number of halogens is 2. The normalized spacial score (nSPS) is 23.2.